The van der Waals surface area contributed by atoms with E-state index in [4.69, 9.17) is 108 Å². The number of aromatic carboxylic acids is 2. The maximum Gasteiger partial charge on any atom is 1.00 e. The molecule has 0 saturated carbocycles. The van der Waals surface area contributed by atoms with Gasteiger partial charge in [-0.1, -0.05) is 103 Å². The Morgan fingerprint density at radius 2 is 0.871 bits per heavy atom. The zero-order valence-electron chi connectivity index (χ0n) is 52.1. The van der Waals surface area contributed by atoms with E-state index in [0.29, 0.717) is 5.69 Å². The van der Waals surface area contributed by atoms with Crippen LogP contribution in [0.5, 0.6) is 0 Å². The Morgan fingerprint density at radius 3 is 1.21 bits per heavy atom. The molecule has 3 amide bonds. The molecule has 8 aromatic rings. The number of nitrogens with zero attached hydrogens (tertiary/aromatic N) is 8. The van der Waals surface area contributed by atoms with Crippen LogP contribution in [-0.2, 0) is 18.9 Å². The molecule has 6 heterocycles. The van der Waals surface area contributed by atoms with E-state index >= 15 is 0 Å². The molecule has 45 heteroatoms. The fourth-order valence-electron chi connectivity index (χ4n) is 6.88. The van der Waals surface area contributed by atoms with E-state index in [1.165, 1.54) is 44.9 Å². The van der Waals surface area contributed by atoms with Crippen molar-refractivity contribution in [2.75, 3.05) is 50.8 Å². The summed E-state index contributed by atoms with van der Waals surface area (Å²) in [5.74, 6) is -5.75. The minimum atomic E-state index is -1.39. The summed E-state index contributed by atoms with van der Waals surface area (Å²) in [7, 11) is 3.63. The number of aromatic nitrogens is 10. The van der Waals surface area contributed by atoms with E-state index in [-0.39, 0.29) is 149 Å². The Kier molecular flexibility index (Phi) is 42.0. The number of amides is 3. The molecule has 0 unspecified atom stereocenters. The first-order chi connectivity index (χ1) is 45.6. The number of nitrogen functional groups attached to an aromatic ring is 1. The van der Waals surface area contributed by atoms with Gasteiger partial charge in [0, 0.05) is 19.1 Å². The Bertz CT molecular complexity index is 4030. The zero-order chi connectivity index (χ0) is 73.0. The molecule has 1 saturated heterocycles. The Hall–Kier alpha value is -9.51. The summed E-state index contributed by atoms with van der Waals surface area (Å²) < 4.78 is 18.5. The van der Waals surface area contributed by atoms with Gasteiger partial charge >= 0.3 is 76.9 Å². The van der Waals surface area contributed by atoms with E-state index < -0.39 is 73.7 Å². The van der Waals surface area contributed by atoms with Gasteiger partial charge in [0.05, 0.1) is 114 Å². The normalized spacial score (nSPS) is 10.8. The van der Waals surface area contributed by atoms with Crippen LogP contribution < -0.4 is 51.7 Å². The van der Waals surface area contributed by atoms with Crippen molar-refractivity contribution in [2.45, 2.75) is 60.1 Å². The quantitative estimate of drug-likeness (QED) is 0.0137. The van der Waals surface area contributed by atoms with Gasteiger partial charge in [-0.25, -0.2) is 28.8 Å². The molecule has 0 spiro atoms. The fourth-order valence-corrected chi connectivity index (χ4v) is 8.89. The number of likely N-dealkylation sites (tertiary alicyclic amines) is 1. The third-order valence-corrected chi connectivity index (χ3v) is 13.5. The van der Waals surface area contributed by atoms with Crippen LogP contribution in [0.1, 0.15) is 132 Å². The van der Waals surface area contributed by atoms with E-state index in [1.807, 2.05) is 25.9 Å². The van der Waals surface area contributed by atoms with Gasteiger partial charge < -0.3 is 61.6 Å². The third kappa shape index (κ3) is 29.3. The molecule has 0 bridgehead atoms. The van der Waals surface area contributed by atoms with Gasteiger partial charge in [-0.2, -0.15) is 25.5 Å². The van der Waals surface area contributed by atoms with Crippen LogP contribution in [-0.4, -0.2) is 180 Å². The number of nitrogens with two attached hydrogens (primary N) is 2. The molecule has 1 aliphatic heterocycles. The first-order valence-electron chi connectivity index (χ1n) is 26.4. The molecule has 0 atom stereocenters. The van der Waals surface area contributed by atoms with Gasteiger partial charge in [0.2, 0.25) is 11.4 Å². The van der Waals surface area contributed by atoms with Crippen molar-refractivity contribution < 1.29 is 117 Å². The molecular formula is C56H63Cl7N17NaO20. The number of rotatable bonds is 12. The van der Waals surface area contributed by atoms with Gasteiger partial charge in [-0.3, -0.25) is 60.1 Å². The number of carboxylic acids is 2. The van der Waals surface area contributed by atoms with Crippen LogP contribution >= 0.6 is 81.2 Å². The van der Waals surface area contributed by atoms with Gasteiger partial charge in [-0.05, 0) is 81.6 Å². The summed E-state index contributed by atoms with van der Waals surface area (Å²) in [4.78, 5) is 121. The molecule has 3 aromatic carbocycles. The number of carboxylic acid groups (broad SMARTS) is 2. The molecule has 14 N–H and O–H groups in total. The third-order valence-electron chi connectivity index (χ3n) is 11.4. The van der Waals surface area contributed by atoms with Crippen LogP contribution in [0.15, 0.2) is 85.6 Å². The second kappa shape index (κ2) is 45.3. The maximum absolute atomic E-state index is 12.1. The van der Waals surface area contributed by atoms with E-state index in [1.54, 1.807) is 47.4 Å². The number of hydrogen-bond donors (Lipinski definition) is 11. The fraction of sp³-hybridized carbons (Fsp3) is 0.250. The number of nitrogens with one attached hydrogen (secondary N) is 7. The number of methoxy groups -OCH3 is 3. The first kappa shape index (κ1) is 93.5. The van der Waals surface area contributed by atoms with Gasteiger partial charge in [-0.15, -0.1) is 0 Å². The van der Waals surface area contributed by atoms with Gasteiger partial charge in [0.1, 0.15) is 18.0 Å². The average Bonchev–Trinajstić information content (AvgIpc) is 1.81. The van der Waals surface area contributed by atoms with Crippen molar-refractivity contribution >= 4 is 163 Å². The number of aromatic amines is 5. The van der Waals surface area contributed by atoms with E-state index in [0.717, 1.165) is 45.4 Å². The van der Waals surface area contributed by atoms with Crippen molar-refractivity contribution in [3.05, 3.63) is 181 Å². The molecule has 101 heavy (non-hydrogen) atoms. The minimum Gasteiger partial charge on any atom is -0.870 e. The predicted octanol–water partition coefficient (Wildman–Crippen LogP) is 8.14. The average molecular weight is 1570 g/mol. The molecule has 5 aromatic heterocycles. The van der Waals surface area contributed by atoms with Crippen LogP contribution in [0.2, 0.25) is 30.1 Å². The van der Waals surface area contributed by atoms with Crippen molar-refractivity contribution in [3.63, 3.8) is 0 Å². The first-order valence-corrected chi connectivity index (χ1v) is 29.1. The van der Waals surface area contributed by atoms with Crippen LogP contribution in [0.3, 0.4) is 0 Å². The molecule has 37 nitrogen and oxygen atoms in total. The Labute approximate surface area is 629 Å². The number of halogens is 7. The molecule has 1 fully saturated rings. The Balaban J connectivity index is 0. The monoisotopic (exact) mass is 1560 g/mol. The standard InChI is InChI=1S/C12H9Cl2N3O3.C11H7Cl2N3O3.C10H20N2O2.C7H3Cl3O.C5H5N3O4.C5H7N3O2.C4H3N3O4.2CH4.Na.H2O/c1-20-12(19)10-8(5-15-17-10)16-11(18)9-6(13)3-2-4-7(9)14;12-5-2-1-3-6(13)8(5)10(17)15-7-4-14-16-9(7)11(18)19;1-10(2,3)14-9(13)12-6-4-8(11)5-7-12;8-4-2-1-3-5(9)6(4)7(10)11;1-12-5(9)4-3(8(10)11)2-6-7-4;1-10-5(9)4-3(6)2-7-8-4;8-4(9)3-2(7(10)11)1-5-6-3;;;;/h2-5H,1H3,(H,15,17)(H,16,18);1-4H,(H,14,16)(H,15,17)(H,18,19);8H,4-7,11H2,1-3H3;1-3H;2H,1H3,(H,6,7);2H,6H2,1H3,(H,7,8);1H,(H,5,6)(H,8,9);2*1H4;;1H2/q;;;;;;;;;+1;/p-1. The van der Waals surface area contributed by atoms with Crippen LogP contribution in [0.4, 0.5) is 33.2 Å². The number of esters is 3. The number of carbonyl (C=O) groups is 9. The minimum absolute atomic E-state index is 0. The topological polar surface area (TPSA) is 570 Å². The molecule has 0 aliphatic carbocycles. The van der Waals surface area contributed by atoms with Crippen molar-refractivity contribution in [1.82, 2.24) is 55.9 Å². The van der Waals surface area contributed by atoms with Gasteiger partial charge in [0.25, 0.3) is 17.1 Å². The smallest absolute Gasteiger partial charge is 0.870 e. The number of carbonyl (C=O) groups excluding carboxylic acids is 7. The molecule has 1 aliphatic rings. The summed E-state index contributed by atoms with van der Waals surface area (Å²) in [6, 6.07) is 14.3. The van der Waals surface area contributed by atoms with Crippen LogP contribution in [0.25, 0.3) is 0 Å². The molecular weight excluding hydrogens is 1500 g/mol. The molecule has 0 radical (unpaired) electrons. The molecule has 542 valence electrons. The summed E-state index contributed by atoms with van der Waals surface area (Å²) in [5, 5.41) is 71.7. The molecule has 9 rings (SSSR count). The summed E-state index contributed by atoms with van der Waals surface area (Å²) in [6.45, 7) is 7.06. The van der Waals surface area contributed by atoms with Crippen molar-refractivity contribution in [3.8, 4) is 0 Å². The Morgan fingerprint density at radius 1 is 0.554 bits per heavy atom. The SMILES string of the molecule is C.C.CC(C)(C)OC(=O)N1CCC(N)CC1.COC(=O)c1[nH]ncc1N.COC(=O)c1[nH]ncc1NC(=O)c1c(Cl)cccc1Cl.COC(=O)c1[nH]ncc1[N+](=O)[O-].O=C(Cl)c1c(Cl)cccc1Cl.O=C(O)c1[nH]ncc1NC(=O)c1c(Cl)cccc1Cl.O=C(O)c1[nH]ncc1[N+](=O)[O-].[Na+].[OH-]. The van der Waals surface area contributed by atoms with E-state index in [2.05, 4.69) is 70.7 Å². The van der Waals surface area contributed by atoms with Crippen molar-refractivity contribution in [2.24, 2.45) is 5.73 Å². The number of ether oxygens (including phenoxy) is 4. The largest absolute Gasteiger partial charge is 1.00 e. The number of benzene rings is 3. The maximum atomic E-state index is 12.1. The van der Waals surface area contributed by atoms with Gasteiger partial charge in [0.15, 0.2) is 17.1 Å². The second-order valence-electron chi connectivity index (χ2n) is 19.2. The number of anilines is 3. The number of H-pyrrole nitrogens is 5. The zero-order valence-corrected chi connectivity index (χ0v) is 59.4. The number of hydrogen-bond acceptors (Lipinski definition) is 25. The van der Waals surface area contributed by atoms with Crippen LogP contribution in [0, 0.1) is 20.2 Å². The summed E-state index contributed by atoms with van der Waals surface area (Å²) in [6.07, 6.45) is 7.16. The van der Waals surface area contributed by atoms with E-state index in [9.17, 15) is 63.4 Å². The predicted molar refractivity (Wildman–Crippen MR) is 364 cm³/mol. The second-order valence-corrected chi connectivity index (χ2v) is 21.9. The van der Waals surface area contributed by atoms with Crippen molar-refractivity contribution in [1.29, 1.82) is 0 Å². The summed E-state index contributed by atoms with van der Waals surface area (Å²) >= 11 is 40.1. The number of nitro groups is 2. The number of piperidine rings is 1. The summed E-state index contributed by atoms with van der Waals surface area (Å²) in [5.41, 5.74) is 9.86.